The van der Waals surface area contributed by atoms with E-state index in [-0.39, 0.29) is 12.2 Å². The molecule has 0 radical (unpaired) electrons. The molecule has 4 fully saturated rings. The number of aliphatic hydroxyl groups excluding tert-OH is 8. The number of aliphatic hydroxyl groups is 8. The number of amides is 1. The highest BCUT2D eigenvalue weighted by atomic mass is 16.8. The van der Waals surface area contributed by atoms with Crippen molar-refractivity contribution in [3.8, 4) is 0 Å². The fraction of sp³-hybridized carbons (Fsp3) is 0.833. The molecule has 4 aliphatic rings. The van der Waals surface area contributed by atoms with Gasteiger partial charge in [0, 0.05) is 32.2 Å². The van der Waals surface area contributed by atoms with Crippen molar-refractivity contribution in [2.75, 3.05) is 34.0 Å². The quantitative estimate of drug-likeness (QED) is 0.0541. The van der Waals surface area contributed by atoms with Gasteiger partial charge < -0.3 is 105 Å². The molecule has 0 aromatic rings. The summed E-state index contributed by atoms with van der Waals surface area (Å²) in [7, 11) is 2.49. The Morgan fingerprint density at radius 2 is 1.07 bits per heavy atom. The van der Waals surface area contributed by atoms with Crippen molar-refractivity contribution in [3.05, 3.63) is 24.6 Å². The molecule has 23 heteroatoms. The molecule has 0 aromatic heterocycles. The number of aliphatic carboxylic acids is 1. The van der Waals surface area contributed by atoms with E-state index in [1.54, 1.807) is 6.92 Å². The highest BCUT2D eigenvalue weighted by molar-refractivity contribution is 5.81. The Bertz CT molecular complexity index is 1400. The minimum atomic E-state index is -2.13. The maximum atomic E-state index is 13.1. The minimum absolute atomic E-state index is 0.209. The summed E-state index contributed by atoms with van der Waals surface area (Å²) in [6.45, 7) is 11.3. The number of ether oxygens (including phenoxy) is 9. The van der Waals surface area contributed by atoms with Crippen LogP contribution in [-0.4, -0.2) is 215 Å². The number of carbonyl (C=O) groups excluding carboxylic acids is 1. The molecule has 12 N–H and O–H groups in total. The van der Waals surface area contributed by atoms with Gasteiger partial charge in [0.25, 0.3) is 5.91 Å². The van der Waals surface area contributed by atoms with Crippen LogP contribution in [0.4, 0.5) is 0 Å². The molecule has 20 atom stereocenters. The normalized spacial score (nSPS) is 42.7. The van der Waals surface area contributed by atoms with E-state index < -0.39 is 148 Å². The fourth-order valence-electron chi connectivity index (χ4n) is 7.33. The molecule has 4 heterocycles. The monoisotopic (exact) mass is 855 g/mol. The number of hydrogen-bond donors (Lipinski definition) is 12. The van der Waals surface area contributed by atoms with E-state index in [0.29, 0.717) is 12.1 Å². The molecule has 59 heavy (non-hydrogen) atoms. The third kappa shape index (κ3) is 11.2. The van der Waals surface area contributed by atoms with E-state index in [1.807, 2.05) is 6.92 Å². The van der Waals surface area contributed by atoms with Gasteiger partial charge >= 0.3 is 5.97 Å². The van der Waals surface area contributed by atoms with Gasteiger partial charge in [0.15, 0.2) is 37.4 Å². The maximum absolute atomic E-state index is 13.1. The number of rotatable bonds is 19. The third-order valence-corrected chi connectivity index (χ3v) is 10.3. The van der Waals surface area contributed by atoms with Gasteiger partial charge in [0.05, 0.1) is 13.2 Å². The zero-order valence-corrected chi connectivity index (χ0v) is 33.5. The van der Waals surface area contributed by atoms with E-state index in [2.05, 4.69) is 29.1 Å². The molecule has 0 bridgehead atoms. The van der Waals surface area contributed by atoms with Crippen LogP contribution < -0.4 is 16.0 Å². The first-order chi connectivity index (χ1) is 27.9. The van der Waals surface area contributed by atoms with Gasteiger partial charge in [-0.2, -0.15) is 0 Å². The minimum Gasteiger partial charge on any atom is -0.479 e. The predicted octanol–water partition coefficient (Wildman–Crippen LogP) is -5.16. The molecule has 4 saturated heterocycles. The Morgan fingerprint density at radius 3 is 1.51 bits per heavy atom. The Balaban J connectivity index is 1.62. The Hall–Kier alpha value is -2.66. The van der Waals surface area contributed by atoms with Crippen LogP contribution in [0.2, 0.25) is 0 Å². The standard InChI is InChI=1S/C36H61N3O20/c1-8-9-10-37-31(48)29-27(51-6)21(44)23(46)35(58-29)56-26-18(39-14(4)5)34(54-16(12-41)20(26)43)57-28-22(45)24(47)36(59-30(28)32(49)50)55-25-17(38-13(2)3)33(52-7)53-15(11-40)19(25)42/h15-30,33-36,38-47H,2,4,8-12H2,1,3,5-7H3,(H,37,48)(H,49,50)/t15?,16?,17-,18-,19+,20+,21?,22?,23-,24-,25?,26?,27-,28-,29?,30?,33?,34?,35?,36?/m0/s1. The van der Waals surface area contributed by atoms with Crippen molar-refractivity contribution in [2.24, 2.45) is 0 Å². The van der Waals surface area contributed by atoms with Crippen molar-refractivity contribution >= 4 is 11.9 Å². The molecule has 0 aliphatic carbocycles. The van der Waals surface area contributed by atoms with Crippen LogP contribution in [-0.2, 0) is 52.2 Å². The Kier molecular flexibility index (Phi) is 18.2. The van der Waals surface area contributed by atoms with Crippen molar-refractivity contribution in [1.82, 2.24) is 16.0 Å². The van der Waals surface area contributed by atoms with E-state index in [9.17, 15) is 55.5 Å². The van der Waals surface area contributed by atoms with Crippen LogP contribution in [0.1, 0.15) is 33.6 Å². The maximum Gasteiger partial charge on any atom is 0.335 e. The first-order valence-corrected chi connectivity index (χ1v) is 19.2. The summed E-state index contributed by atoms with van der Waals surface area (Å²) < 4.78 is 51.6. The van der Waals surface area contributed by atoms with Gasteiger partial charge in [-0.1, -0.05) is 26.5 Å². The van der Waals surface area contributed by atoms with Gasteiger partial charge in [-0.25, -0.2) is 4.79 Å². The lowest BCUT2D eigenvalue weighted by Crippen LogP contribution is -2.70. The van der Waals surface area contributed by atoms with Crippen LogP contribution in [0.5, 0.6) is 0 Å². The average molecular weight is 856 g/mol. The summed E-state index contributed by atoms with van der Waals surface area (Å²) in [6.07, 6.45) is -29.2. The zero-order valence-electron chi connectivity index (χ0n) is 33.5. The zero-order chi connectivity index (χ0) is 43.9. The molecule has 340 valence electrons. The summed E-state index contributed by atoms with van der Waals surface area (Å²) in [5.41, 5.74) is 0.581. The second-order valence-electron chi connectivity index (χ2n) is 14.9. The molecule has 0 spiro atoms. The molecule has 4 rings (SSSR count). The molecular weight excluding hydrogens is 794 g/mol. The van der Waals surface area contributed by atoms with Gasteiger partial charge in [-0.3, -0.25) is 4.79 Å². The molecule has 0 aromatic carbocycles. The lowest BCUT2D eigenvalue weighted by atomic mass is 9.93. The predicted molar refractivity (Wildman–Crippen MR) is 196 cm³/mol. The van der Waals surface area contributed by atoms with Crippen LogP contribution in [0.3, 0.4) is 0 Å². The summed E-state index contributed by atoms with van der Waals surface area (Å²) in [4.78, 5) is 25.9. The molecule has 0 saturated carbocycles. The topological polar surface area (TPSA) is 335 Å². The van der Waals surface area contributed by atoms with Gasteiger partial charge in [0.1, 0.15) is 85.3 Å². The van der Waals surface area contributed by atoms with Crippen LogP contribution in [0.25, 0.3) is 0 Å². The summed E-state index contributed by atoms with van der Waals surface area (Å²) >= 11 is 0. The van der Waals surface area contributed by atoms with Gasteiger partial charge in [0.2, 0.25) is 0 Å². The highest BCUT2D eigenvalue weighted by Gasteiger charge is 2.57. The Labute approximate surface area is 340 Å². The smallest absolute Gasteiger partial charge is 0.335 e. The summed E-state index contributed by atoms with van der Waals surface area (Å²) in [6, 6.07) is -2.49. The number of carbonyl (C=O) groups is 2. The largest absolute Gasteiger partial charge is 0.479 e. The van der Waals surface area contributed by atoms with Crippen molar-refractivity contribution in [1.29, 1.82) is 0 Å². The summed E-state index contributed by atoms with van der Waals surface area (Å²) in [5, 5.41) is 106. The second kappa shape index (κ2) is 21.9. The van der Waals surface area contributed by atoms with Crippen LogP contribution in [0, 0.1) is 0 Å². The lowest BCUT2D eigenvalue weighted by molar-refractivity contribution is -0.369. The van der Waals surface area contributed by atoms with E-state index in [0.717, 1.165) is 6.42 Å². The third-order valence-electron chi connectivity index (χ3n) is 10.3. The molecule has 23 nitrogen and oxygen atoms in total. The van der Waals surface area contributed by atoms with E-state index >= 15 is 0 Å². The highest BCUT2D eigenvalue weighted by Crippen LogP contribution is 2.35. The first kappa shape index (κ1) is 49.0. The Morgan fingerprint density at radius 1 is 0.610 bits per heavy atom. The molecule has 12 unspecified atom stereocenters. The van der Waals surface area contributed by atoms with E-state index in [1.165, 1.54) is 21.1 Å². The molecule has 1 amide bonds. The number of allylic oxidation sites excluding steroid dienone is 2. The number of carboxylic acid groups (broad SMARTS) is 1. The van der Waals surface area contributed by atoms with Gasteiger partial charge in [-0.15, -0.1) is 0 Å². The van der Waals surface area contributed by atoms with Crippen molar-refractivity contribution in [3.63, 3.8) is 0 Å². The number of nitrogens with one attached hydrogen (secondary N) is 3. The first-order valence-electron chi connectivity index (χ1n) is 19.2. The molecular formula is C36H61N3O20. The van der Waals surface area contributed by atoms with Crippen LogP contribution >= 0.6 is 0 Å². The average Bonchev–Trinajstić information content (AvgIpc) is 3.19. The second-order valence-corrected chi connectivity index (χ2v) is 14.9. The number of hydrogen-bond acceptors (Lipinski definition) is 21. The SMILES string of the molecule is C=C(C)N[C@@H]1C(OC)OC(CO)[C@@H](O)C1OC1OC(C(=O)O)[C@@H](OC2OC(CO)[C@@H](O)C(OC3OC(C(=O)NCCCC)[C@@H](OC)C(O)[C@@H]3O)[C@@H]2NC(=C)C)C(O)[C@@H]1O. The van der Waals surface area contributed by atoms with E-state index in [4.69, 9.17) is 42.6 Å². The fourth-order valence-corrected chi connectivity index (χ4v) is 7.33. The van der Waals surface area contributed by atoms with Crippen molar-refractivity contribution < 1.29 is 98.2 Å². The van der Waals surface area contributed by atoms with Crippen LogP contribution in [0.15, 0.2) is 24.6 Å². The number of unbranched alkanes of at least 4 members (excludes halogenated alkanes) is 1. The number of carboxylic acids is 1. The van der Waals surface area contributed by atoms with Crippen molar-refractivity contribution in [2.45, 2.75) is 156 Å². The number of methoxy groups -OCH3 is 2. The lowest BCUT2D eigenvalue weighted by Gasteiger charge is -2.50. The summed E-state index contributed by atoms with van der Waals surface area (Å²) in [5.74, 6) is -2.40. The molecule has 4 aliphatic heterocycles. The van der Waals surface area contributed by atoms with Gasteiger partial charge in [-0.05, 0) is 20.3 Å².